The molecular weight excluding hydrogens is 470 g/mol. The topological polar surface area (TPSA) is 146 Å². The van der Waals surface area contributed by atoms with E-state index in [2.05, 4.69) is 41.5 Å². The first-order valence-electron chi connectivity index (χ1n) is 10.6. The fourth-order valence-electron chi connectivity index (χ4n) is 2.70. The summed E-state index contributed by atoms with van der Waals surface area (Å²) < 4.78 is 20.3. The van der Waals surface area contributed by atoms with Gasteiger partial charge in [0, 0.05) is 17.3 Å². The summed E-state index contributed by atoms with van der Waals surface area (Å²) in [6.45, 7) is 3.47. The lowest BCUT2D eigenvalue weighted by Crippen LogP contribution is -2.21. The van der Waals surface area contributed by atoms with Gasteiger partial charge in [-0.3, -0.25) is 4.36 Å². The Labute approximate surface area is 204 Å². The molecule has 1 amide bonds. The minimum absolute atomic E-state index is 0.109. The number of hydrogen-bond acceptors (Lipinski definition) is 10. The maximum atomic E-state index is 12.1. The van der Waals surface area contributed by atoms with Crippen LogP contribution in [-0.2, 0) is 19.5 Å². The highest BCUT2D eigenvalue weighted by atomic mass is 32.2. The van der Waals surface area contributed by atoms with Crippen molar-refractivity contribution in [2.24, 2.45) is 4.36 Å². The molecule has 10 nitrogen and oxygen atoms in total. The third-order valence-corrected chi connectivity index (χ3v) is 5.36. The Hall–Kier alpha value is -4.14. The Kier molecular flexibility index (Phi) is 9.00. The highest BCUT2D eigenvalue weighted by Crippen LogP contribution is 2.19. The van der Waals surface area contributed by atoms with Gasteiger partial charge in [-0.2, -0.15) is 4.98 Å². The molecule has 3 rings (SSSR count). The molecule has 35 heavy (non-hydrogen) atoms. The molecule has 0 aliphatic heterocycles. The maximum absolute atomic E-state index is 12.1. The van der Waals surface area contributed by atoms with Gasteiger partial charge in [-0.15, -0.1) is 10.6 Å². The van der Waals surface area contributed by atoms with Crippen LogP contribution in [0.25, 0.3) is 0 Å². The van der Waals surface area contributed by atoms with Crippen LogP contribution < -0.4 is 10.6 Å². The fourth-order valence-corrected chi connectivity index (χ4v) is 3.36. The van der Waals surface area contributed by atoms with Crippen LogP contribution in [0.15, 0.2) is 64.0 Å². The molecule has 2 aromatic carbocycles. The predicted octanol–water partition coefficient (Wildman–Crippen LogP) is 3.78. The molecule has 0 bridgehead atoms. The molecule has 4 N–H and O–H groups in total. The van der Waals surface area contributed by atoms with Crippen LogP contribution in [0.3, 0.4) is 0 Å². The fraction of sp³-hybridized carbons (Fsp3) is 0.208. The van der Waals surface area contributed by atoms with E-state index in [4.69, 9.17) is 0 Å². The highest BCUT2D eigenvalue weighted by Gasteiger charge is 2.09. The Morgan fingerprint density at radius 2 is 2.00 bits per heavy atom. The molecule has 0 aliphatic carbocycles. The van der Waals surface area contributed by atoms with E-state index in [-0.39, 0.29) is 31.0 Å². The SMILES string of the molecule is CCOC(=O)N=[S-](=O)c1ccc(Nc2ncc(C#Cc3cccc(O)c3)c(N[C@H](C)CO)n2)cc1. The Bertz CT molecular complexity index is 1330. The van der Waals surface area contributed by atoms with Crippen LogP contribution in [-0.4, -0.2) is 45.5 Å². The summed E-state index contributed by atoms with van der Waals surface area (Å²) in [5.74, 6) is 6.74. The molecule has 0 spiro atoms. The van der Waals surface area contributed by atoms with E-state index in [0.717, 1.165) is 0 Å². The smallest absolute Gasteiger partial charge is 0.410 e. The molecular formula is C24H24N5O5S-. The van der Waals surface area contributed by atoms with Gasteiger partial charge in [0.2, 0.25) is 5.95 Å². The van der Waals surface area contributed by atoms with Gasteiger partial charge in [0.1, 0.15) is 11.6 Å². The molecule has 1 heterocycles. The summed E-state index contributed by atoms with van der Waals surface area (Å²) in [5, 5.41) is 25.2. The Balaban J connectivity index is 1.82. The second-order valence-electron chi connectivity index (χ2n) is 7.17. The number of amides is 1. The molecule has 11 heteroatoms. The first-order chi connectivity index (χ1) is 16.9. The van der Waals surface area contributed by atoms with E-state index >= 15 is 0 Å². The van der Waals surface area contributed by atoms with Crippen LogP contribution in [0.1, 0.15) is 25.0 Å². The van der Waals surface area contributed by atoms with E-state index in [0.29, 0.717) is 27.5 Å². The predicted molar refractivity (Wildman–Crippen MR) is 132 cm³/mol. The number of aromatic nitrogens is 2. The van der Waals surface area contributed by atoms with Crippen molar-refractivity contribution in [1.82, 2.24) is 9.97 Å². The second-order valence-corrected chi connectivity index (χ2v) is 8.33. The van der Waals surface area contributed by atoms with Gasteiger partial charge >= 0.3 is 6.09 Å². The summed E-state index contributed by atoms with van der Waals surface area (Å²) in [7, 11) is -1.88. The Morgan fingerprint density at radius 3 is 2.69 bits per heavy atom. The lowest BCUT2D eigenvalue weighted by atomic mass is 10.2. The first-order valence-corrected chi connectivity index (χ1v) is 11.7. The van der Waals surface area contributed by atoms with E-state index in [9.17, 15) is 19.2 Å². The van der Waals surface area contributed by atoms with Crippen molar-refractivity contribution in [3.63, 3.8) is 0 Å². The van der Waals surface area contributed by atoms with E-state index in [1.54, 1.807) is 68.6 Å². The summed E-state index contributed by atoms with van der Waals surface area (Å²) >= 11 is 0. The Morgan fingerprint density at radius 1 is 1.23 bits per heavy atom. The van der Waals surface area contributed by atoms with Crippen molar-refractivity contribution in [3.05, 3.63) is 65.9 Å². The van der Waals surface area contributed by atoms with Gasteiger partial charge in [-0.25, -0.2) is 9.78 Å². The van der Waals surface area contributed by atoms with Crippen molar-refractivity contribution in [1.29, 1.82) is 0 Å². The molecule has 182 valence electrons. The lowest BCUT2D eigenvalue weighted by Gasteiger charge is -2.14. The van der Waals surface area contributed by atoms with Gasteiger partial charge in [0.25, 0.3) is 0 Å². The van der Waals surface area contributed by atoms with Crippen LogP contribution >= 0.6 is 0 Å². The van der Waals surface area contributed by atoms with Crippen LogP contribution in [0, 0.1) is 11.8 Å². The number of carbonyl (C=O) groups is 1. The molecule has 0 aliphatic rings. The summed E-state index contributed by atoms with van der Waals surface area (Å²) in [5.41, 5.74) is 1.74. The van der Waals surface area contributed by atoms with E-state index in [1.807, 2.05) is 0 Å². The maximum Gasteiger partial charge on any atom is 0.410 e. The number of aromatic hydroxyl groups is 1. The number of aliphatic hydroxyl groups excluding tert-OH is 1. The summed E-state index contributed by atoms with van der Waals surface area (Å²) in [4.78, 5) is 20.5. The molecule has 0 saturated carbocycles. The van der Waals surface area contributed by atoms with Gasteiger partial charge in [0.05, 0.1) is 25.0 Å². The van der Waals surface area contributed by atoms with Crippen LogP contribution in [0.2, 0.25) is 0 Å². The number of benzene rings is 2. The third kappa shape index (κ3) is 7.70. The van der Waals surface area contributed by atoms with Crippen molar-refractivity contribution in [2.45, 2.75) is 24.8 Å². The first kappa shape index (κ1) is 25.5. The number of anilines is 3. The minimum atomic E-state index is -1.88. The molecule has 1 aromatic heterocycles. The quantitative estimate of drug-likeness (QED) is 0.285. The zero-order valence-electron chi connectivity index (χ0n) is 19.1. The van der Waals surface area contributed by atoms with Gasteiger partial charge in [-0.05, 0) is 44.2 Å². The monoisotopic (exact) mass is 494 g/mol. The highest BCUT2D eigenvalue weighted by molar-refractivity contribution is 7.75. The minimum Gasteiger partial charge on any atom is -0.508 e. The lowest BCUT2D eigenvalue weighted by molar-refractivity contribution is 0.164. The van der Waals surface area contributed by atoms with Crippen molar-refractivity contribution >= 4 is 34.1 Å². The third-order valence-electron chi connectivity index (χ3n) is 4.37. The van der Waals surface area contributed by atoms with Crippen molar-refractivity contribution < 1.29 is 24.0 Å². The number of hydrogen-bond donors (Lipinski definition) is 4. The molecule has 1 atom stereocenters. The number of carbonyl (C=O) groups excluding carboxylic acids is 1. The zero-order chi connectivity index (χ0) is 25.2. The van der Waals surface area contributed by atoms with Crippen molar-refractivity contribution in [2.75, 3.05) is 23.8 Å². The molecule has 0 unspecified atom stereocenters. The van der Waals surface area contributed by atoms with E-state index < -0.39 is 16.7 Å². The number of nitrogens with one attached hydrogen (secondary N) is 2. The van der Waals surface area contributed by atoms with Crippen LogP contribution in [0.4, 0.5) is 22.2 Å². The molecule has 3 aromatic rings. The average molecular weight is 495 g/mol. The zero-order valence-corrected chi connectivity index (χ0v) is 19.9. The second kappa shape index (κ2) is 12.4. The summed E-state index contributed by atoms with van der Waals surface area (Å²) in [6, 6.07) is 12.7. The summed E-state index contributed by atoms with van der Waals surface area (Å²) in [6.07, 6.45) is 0.657. The average Bonchev–Trinajstić information content (AvgIpc) is 2.84. The molecule has 0 fully saturated rings. The van der Waals surface area contributed by atoms with E-state index in [1.165, 1.54) is 0 Å². The van der Waals surface area contributed by atoms with Crippen LogP contribution in [0.5, 0.6) is 5.75 Å². The van der Waals surface area contributed by atoms with Crippen molar-refractivity contribution in [3.8, 4) is 17.6 Å². The number of ether oxygens (including phenoxy) is 1. The normalized spacial score (nSPS) is 12.2. The number of aliphatic hydroxyl groups is 1. The largest absolute Gasteiger partial charge is 0.508 e. The number of nitrogens with zero attached hydrogens (tertiary/aromatic N) is 3. The van der Waals surface area contributed by atoms with Gasteiger partial charge in [-0.1, -0.05) is 34.9 Å². The molecule has 0 radical (unpaired) electrons. The molecule has 0 saturated heterocycles. The standard InChI is InChI=1S/C24H24N5O5S/c1-3-34-24(32)29-35(33)21-11-9-19(10-12-21)27-23-25-14-18(22(28-23)26-16(2)15-30)8-7-17-5-4-6-20(31)13-17/h4-6,9-14,16,30-31H,3,15H2,1-2H3,(H2,25,26,27,28)/q-1/t16-/m1/s1. The number of phenolic OH excluding ortho intramolecular Hbond substituents is 1. The number of phenols is 1. The van der Waals surface area contributed by atoms with Gasteiger partial charge < -0.3 is 29.8 Å². The van der Waals surface area contributed by atoms with Gasteiger partial charge in [0.15, 0.2) is 0 Å². The number of rotatable bonds is 7.